The molecule has 4 heteroatoms. The molecule has 0 aliphatic heterocycles. The molecule has 0 aliphatic rings. The van der Waals surface area contributed by atoms with Crippen molar-refractivity contribution in [3.05, 3.63) is 164 Å². The molecule has 0 spiro atoms. The average Bonchev–Trinajstić information content (AvgIpc) is 3.01. The van der Waals surface area contributed by atoms with Crippen LogP contribution in [0.4, 0.5) is 0 Å². The number of aromatic nitrogens is 3. The summed E-state index contributed by atoms with van der Waals surface area (Å²) in [5, 5.41) is 0. The minimum Gasteiger partial charge on any atom is -0.261 e. The Morgan fingerprint density at radius 1 is 0.526 bits per heavy atom. The maximum atomic E-state index is 4.21. The van der Waals surface area contributed by atoms with Crippen LogP contribution in [0.3, 0.4) is 0 Å². The Bertz CT molecular complexity index is 1380. The van der Waals surface area contributed by atoms with Gasteiger partial charge in [-0.2, -0.15) is 21.9 Å². The van der Waals surface area contributed by atoms with Gasteiger partial charge in [0.1, 0.15) is 13.2 Å². The van der Waals surface area contributed by atoms with Crippen molar-refractivity contribution in [3.63, 3.8) is 0 Å². The van der Waals surface area contributed by atoms with Crippen LogP contribution in [0, 0.1) is 0 Å². The zero-order chi connectivity index (χ0) is 26.0. The largest absolute Gasteiger partial charge is 0.261 e. The fraction of sp³-hybridized carbons (Fsp3) is 0.0294. The van der Waals surface area contributed by atoms with Crippen LogP contribution in [0.15, 0.2) is 164 Å². The predicted molar refractivity (Wildman–Crippen MR) is 159 cm³/mol. The maximum Gasteiger partial charge on any atom is 0.178 e. The molecule has 2 aromatic heterocycles. The van der Waals surface area contributed by atoms with Crippen LogP contribution in [0.25, 0.3) is 11.3 Å². The van der Waals surface area contributed by atoms with Gasteiger partial charge in [-0.3, -0.25) is 9.97 Å². The fourth-order valence-corrected chi connectivity index (χ4v) is 5.31. The summed E-state index contributed by atoms with van der Waals surface area (Å²) < 4.78 is 1.99. The molecule has 0 amide bonds. The smallest absolute Gasteiger partial charge is 0.178 e. The summed E-state index contributed by atoms with van der Waals surface area (Å²) >= 11 is 0. The van der Waals surface area contributed by atoms with Gasteiger partial charge in [0.15, 0.2) is 12.4 Å². The van der Waals surface area contributed by atoms with Gasteiger partial charge >= 0.3 is 0 Å². The van der Waals surface area contributed by atoms with E-state index in [-0.39, 0.29) is 0 Å². The summed E-state index contributed by atoms with van der Waals surface area (Å²) in [7, 11) is 1.99. The van der Waals surface area contributed by atoms with Crippen LogP contribution < -0.4 is 26.4 Å². The van der Waals surface area contributed by atoms with Gasteiger partial charge in [0.05, 0.1) is 17.5 Å². The summed E-state index contributed by atoms with van der Waals surface area (Å²) in [6, 6.07) is 47.5. The lowest BCUT2D eigenvalue weighted by molar-refractivity contribution is -0.671. The molecule has 184 valence electrons. The highest BCUT2D eigenvalue weighted by molar-refractivity contribution is 7.19. The summed E-state index contributed by atoms with van der Waals surface area (Å²) in [5.41, 5.74) is 7.34. The van der Waals surface area contributed by atoms with Gasteiger partial charge < -0.3 is 0 Å². The molecule has 6 rings (SSSR count). The first-order valence-corrected chi connectivity index (χ1v) is 12.9. The molecule has 4 aromatic carbocycles. The number of nitrogens with zero attached hydrogens (tertiary/aromatic N) is 3. The van der Waals surface area contributed by atoms with Gasteiger partial charge in [-0.05, 0) is 6.07 Å². The van der Waals surface area contributed by atoms with E-state index in [9.17, 15) is 0 Å². The van der Waals surface area contributed by atoms with Crippen LogP contribution >= 0.6 is 0 Å². The quantitative estimate of drug-likeness (QED) is 0.269. The number of hydrogen-bond acceptors (Lipinski definition) is 2. The van der Waals surface area contributed by atoms with Gasteiger partial charge in [0, 0.05) is 18.5 Å². The minimum absolute atomic E-state index is 0.902. The van der Waals surface area contributed by atoms with E-state index in [0.29, 0.717) is 0 Å². The average molecular weight is 491 g/mol. The van der Waals surface area contributed by atoms with E-state index in [2.05, 4.69) is 131 Å². The lowest BCUT2D eigenvalue weighted by Gasteiger charge is -2.44. The minimum atomic E-state index is -1.22. The molecule has 0 unspecified atom stereocenters. The van der Waals surface area contributed by atoms with Crippen LogP contribution in [-0.4, -0.2) is 16.1 Å². The van der Waals surface area contributed by atoms with Gasteiger partial charge in [0.25, 0.3) is 0 Å². The van der Waals surface area contributed by atoms with E-state index >= 15 is 0 Å². The SMILES string of the molecule is C[n+]1cccc(-c2cnccn2)c1.c1ccc([B-](c2ccccc2)(c2ccccc2)c2ccccc2)cc1. The number of pyridine rings is 1. The topological polar surface area (TPSA) is 29.7 Å². The molecule has 0 saturated carbocycles. The predicted octanol–water partition coefficient (Wildman–Crippen LogP) is 4.03. The first kappa shape index (κ1) is 24.9. The van der Waals surface area contributed by atoms with Crippen molar-refractivity contribution >= 4 is 28.0 Å². The molecule has 0 fully saturated rings. The van der Waals surface area contributed by atoms with Crippen LogP contribution in [-0.2, 0) is 7.05 Å². The van der Waals surface area contributed by atoms with E-state index < -0.39 is 6.15 Å². The van der Waals surface area contributed by atoms with Gasteiger partial charge in [-0.1, -0.05) is 121 Å². The molecular weight excluding hydrogens is 461 g/mol. The summed E-state index contributed by atoms with van der Waals surface area (Å²) in [4.78, 5) is 8.23. The Hall–Kier alpha value is -4.83. The molecule has 38 heavy (non-hydrogen) atoms. The third kappa shape index (κ3) is 5.30. The van der Waals surface area contributed by atoms with E-state index in [4.69, 9.17) is 0 Å². The highest BCUT2D eigenvalue weighted by Gasteiger charge is 2.31. The van der Waals surface area contributed by atoms with Crippen molar-refractivity contribution < 1.29 is 4.57 Å². The van der Waals surface area contributed by atoms with Crippen molar-refractivity contribution in [1.29, 1.82) is 0 Å². The van der Waals surface area contributed by atoms with Crippen molar-refractivity contribution in [2.24, 2.45) is 7.05 Å². The lowest BCUT2D eigenvalue weighted by atomic mass is 9.13. The van der Waals surface area contributed by atoms with Crippen LogP contribution in [0.1, 0.15) is 0 Å². The highest BCUT2D eigenvalue weighted by Crippen LogP contribution is 2.11. The van der Waals surface area contributed by atoms with E-state index in [1.807, 2.05) is 36.1 Å². The Morgan fingerprint density at radius 3 is 1.34 bits per heavy atom. The molecule has 2 heterocycles. The van der Waals surface area contributed by atoms with Crippen molar-refractivity contribution in [1.82, 2.24) is 9.97 Å². The molecule has 6 aromatic rings. The van der Waals surface area contributed by atoms with Gasteiger partial charge in [-0.25, -0.2) is 4.57 Å². The second-order valence-electron chi connectivity index (χ2n) is 9.36. The summed E-state index contributed by atoms with van der Waals surface area (Å²) in [6.45, 7) is 0. The Balaban J connectivity index is 0.000000190. The van der Waals surface area contributed by atoms with E-state index in [1.54, 1.807) is 18.6 Å². The molecule has 0 saturated heterocycles. The zero-order valence-corrected chi connectivity index (χ0v) is 21.5. The number of hydrogen-bond donors (Lipinski definition) is 0. The van der Waals surface area contributed by atoms with Crippen LogP contribution in [0.5, 0.6) is 0 Å². The maximum absolute atomic E-state index is 4.21. The molecular formula is C34H30BN3. The normalized spacial score (nSPS) is 10.8. The van der Waals surface area contributed by atoms with Crippen molar-refractivity contribution in [3.8, 4) is 11.3 Å². The highest BCUT2D eigenvalue weighted by atomic mass is 14.9. The lowest BCUT2D eigenvalue weighted by Crippen LogP contribution is -2.74. The Labute approximate surface area is 225 Å². The summed E-state index contributed by atoms with van der Waals surface area (Å²) in [6.07, 6.45) is 7.92. The zero-order valence-electron chi connectivity index (χ0n) is 21.5. The molecule has 0 N–H and O–H groups in total. The molecule has 0 bridgehead atoms. The fourth-order valence-electron chi connectivity index (χ4n) is 5.31. The van der Waals surface area contributed by atoms with E-state index in [0.717, 1.165) is 11.3 Å². The van der Waals surface area contributed by atoms with E-state index in [1.165, 1.54) is 21.9 Å². The van der Waals surface area contributed by atoms with Gasteiger partial charge in [-0.15, -0.1) is 0 Å². The van der Waals surface area contributed by atoms with Crippen molar-refractivity contribution in [2.75, 3.05) is 0 Å². The molecule has 0 aliphatic carbocycles. The monoisotopic (exact) mass is 491 g/mol. The Kier molecular flexibility index (Phi) is 7.81. The first-order valence-electron chi connectivity index (χ1n) is 12.9. The van der Waals surface area contributed by atoms with Gasteiger partial charge in [0.2, 0.25) is 0 Å². The van der Waals surface area contributed by atoms with Crippen LogP contribution in [0.2, 0.25) is 0 Å². The number of benzene rings is 4. The summed E-state index contributed by atoms with van der Waals surface area (Å²) in [5.74, 6) is 0. The second kappa shape index (κ2) is 11.9. The number of aryl methyl sites for hydroxylation is 1. The standard InChI is InChI=1S/C24H20B.C10H10N3/c1-5-13-21(14-6-1)25(22-15-7-2-8-16-22,23-17-9-3-10-18-23)24-19-11-4-12-20-24;1-13-6-2-3-9(8-13)10-7-11-4-5-12-10/h1-20H;2-8H,1H3/q-1;+1. The molecule has 3 nitrogen and oxygen atoms in total. The first-order chi connectivity index (χ1) is 18.8. The Morgan fingerprint density at radius 2 is 0.974 bits per heavy atom. The molecule has 0 atom stereocenters. The van der Waals surface area contributed by atoms with Crippen molar-refractivity contribution in [2.45, 2.75) is 0 Å². The second-order valence-corrected chi connectivity index (χ2v) is 9.36. The third-order valence-corrected chi connectivity index (χ3v) is 7.00. The number of rotatable bonds is 5. The molecule has 0 radical (unpaired) electrons. The third-order valence-electron chi connectivity index (χ3n) is 7.00.